The molecule has 1 aliphatic carbocycles. The average Bonchev–Trinajstić information content (AvgIpc) is 3.03. The van der Waals surface area contributed by atoms with Gasteiger partial charge >= 0.3 is 5.97 Å². The third-order valence-electron chi connectivity index (χ3n) is 4.35. The van der Waals surface area contributed by atoms with E-state index in [0.717, 1.165) is 17.1 Å². The van der Waals surface area contributed by atoms with Crippen LogP contribution in [0.2, 0.25) is 0 Å². The molecule has 0 radical (unpaired) electrons. The van der Waals surface area contributed by atoms with E-state index < -0.39 is 27.4 Å². The molecular formula is C16H21IN2O5S. The molecule has 1 aromatic rings. The maximum absolute atomic E-state index is 12.8. The van der Waals surface area contributed by atoms with Gasteiger partial charge in [-0.2, -0.15) is 0 Å². The van der Waals surface area contributed by atoms with E-state index in [9.17, 15) is 18.0 Å². The highest BCUT2D eigenvalue weighted by molar-refractivity contribution is 14.1. The molecular weight excluding hydrogens is 459 g/mol. The molecule has 2 rings (SSSR count). The molecule has 0 atom stereocenters. The zero-order chi connectivity index (χ0) is 18.8. The summed E-state index contributed by atoms with van der Waals surface area (Å²) in [7, 11) is 0.496. The number of hydrogen-bond acceptors (Lipinski definition) is 5. The van der Waals surface area contributed by atoms with Crippen molar-refractivity contribution in [3.05, 3.63) is 27.3 Å². The van der Waals surface area contributed by atoms with E-state index in [1.54, 1.807) is 6.07 Å². The normalized spacial score (nSPS) is 16.7. The quantitative estimate of drug-likeness (QED) is 0.512. The lowest BCUT2D eigenvalue weighted by molar-refractivity contribution is -0.148. The minimum atomic E-state index is -3.65. The van der Waals surface area contributed by atoms with Crippen LogP contribution in [0, 0.1) is 3.57 Å². The Hall–Kier alpha value is -1.20. The molecule has 1 aliphatic rings. The number of amides is 1. The summed E-state index contributed by atoms with van der Waals surface area (Å²) in [4.78, 5) is 25.0. The Balaban J connectivity index is 2.38. The van der Waals surface area contributed by atoms with Gasteiger partial charge in [0.25, 0.3) is 5.91 Å². The number of benzene rings is 1. The summed E-state index contributed by atoms with van der Waals surface area (Å²) in [6.45, 7) is 0. The smallest absolute Gasteiger partial charge is 0.331 e. The summed E-state index contributed by atoms with van der Waals surface area (Å²) in [5.41, 5.74) is -0.815. The van der Waals surface area contributed by atoms with Crippen LogP contribution in [0.1, 0.15) is 36.0 Å². The van der Waals surface area contributed by atoms with E-state index >= 15 is 0 Å². The van der Waals surface area contributed by atoms with Crippen molar-refractivity contribution in [2.45, 2.75) is 36.1 Å². The predicted octanol–water partition coefficient (Wildman–Crippen LogP) is 1.76. The van der Waals surface area contributed by atoms with Gasteiger partial charge in [0.2, 0.25) is 10.0 Å². The number of rotatable bonds is 5. The number of carbonyl (C=O) groups is 2. The lowest BCUT2D eigenvalue weighted by Crippen LogP contribution is -2.53. The molecule has 9 heteroatoms. The van der Waals surface area contributed by atoms with Crippen molar-refractivity contribution in [1.29, 1.82) is 0 Å². The second-order valence-corrected chi connectivity index (χ2v) is 9.48. The van der Waals surface area contributed by atoms with Gasteiger partial charge in [0.05, 0.1) is 17.6 Å². The third-order valence-corrected chi connectivity index (χ3v) is 7.10. The fourth-order valence-corrected chi connectivity index (χ4v) is 4.40. The van der Waals surface area contributed by atoms with Crippen molar-refractivity contribution in [1.82, 2.24) is 9.62 Å². The average molecular weight is 480 g/mol. The Bertz CT molecular complexity index is 786. The van der Waals surface area contributed by atoms with Crippen LogP contribution < -0.4 is 5.32 Å². The van der Waals surface area contributed by atoms with Gasteiger partial charge in [-0.3, -0.25) is 4.79 Å². The maximum atomic E-state index is 12.8. The van der Waals surface area contributed by atoms with E-state index in [1.807, 2.05) is 22.6 Å². The first kappa shape index (κ1) is 20.1. The zero-order valence-corrected chi connectivity index (χ0v) is 17.3. The van der Waals surface area contributed by atoms with Crippen LogP contribution in [0.4, 0.5) is 0 Å². The summed E-state index contributed by atoms with van der Waals surface area (Å²) < 4.78 is 31.1. The van der Waals surface area contributed by atoms with E-state index in [0.29, 0.717) is 16.4 Å². The van der Waals surface area contributed by atoms with Crippen molar-refractivity contribution >= 4 is 44.5 Å². The number of methoxy groups -OCH3 is 1. The van der Waals surface area contributed by atoms with Gasteiger partial charge < -0.3 is 10.1 Å². The number of esters is 1. The number of hydrogen-bond donors (Lipinski definition) is 1. The van der Waals surface area contributed by atoms with E-state index in [4.69, 9.17) is 4.74 Å². The van der Waals surface area contributed by atoms with E-state index in [2.05, 4.69) is 5.32 Å². The predicted molar refractivity (Wildman–Crippen MR) is 101 cm³/mol. The van der Waals surface area contributed by atoms with Crippen LogP contribution in [0.15, 0.2) is 23.1 Å². The summed E-state index contributed by atoms with van der Waals surface area (Å²) >= 11 is 1.97. The van der Waals surface area contributed by atoms with Crippen LogP contribution in [-0.4, -0.2) is 51.3 Å². The summed E-state index contributed by atoms with van der Waals surface area (Å²) in [6, 6.07) is 4.37. The van der Waals surface area contributed by atoms with Gasteiger partial charge in [-0.1, -0.05) is 12.8 Å². The number of nitrogens with zero attached hydrogens (tertiary/aromatic N) is 1. The van der Waals surface area contributed by atoms with Gasteiger partial charge in [0.1, 0.15) is 5.54 Å². The number of halogens is 1. The van der Waals surface area contributed by atoms with Gasteiger partial charge in [0.15, 0.2) is 0 Å². The Kier molecular flexibility index (Phi) is 6.10. The summed E-state index contributed by atoms with van der Waals surface area (Å²) in [5.74, 6) is -0.946. The van der Waals surface area contributed by atoms with E-state index in [1.165, 1.54) is 33.3 Å². The van der Waals surface area contributed by atoms with Gasteiger partial charge in [0, 0.05) is 17.7 Å². The molecule has 0 unspecified atom stereocenters. The van der Waals surface area contributed by atoms with Gasteiger partial charge in [-0.25, -0.2) is 17.5 Å². The second kappa shape index (κ2) is 7.58. The molecule has 0 spiro atoms. The van der Waals surface area contributed by atoms with E-state index in [-0.39, 0.29) is 10.5 Å². The van der Waals surface area contributed by atoms with Gasteiger partial charge in [-0.05, 0) is 53.6 Å². The fraction of sp³-hybridized carbons (Fsp3) is 0.500. The minimum absolute atomic E-state index is 0.0293. The Morgan fingerprint density at radius 3 is 2.36 bits per heavy atom. The molecule has 1 amide bonds. The molecule has 0 bridgehead atoms. The zero-order valence-electron chi connectivity index (χ0n) is 14.3. The minimum Gasteiger partial charge on any atom is -0.467 e. The molecule has 1 fully saturated rings. The monoisotopic (exact) mass is 480 g/mol. The first-order chi connectivity index (χ1) is 11.6. The topological polar surface area (TPSA) is 92.8 Å². The molecule has 0 saturated heterocycles. The standard InChI is InChI=1S/C16H21IN2O5S/c1-19(2)25(22,23)11-6-7-13(17)12(10-11)14(20)18-16(15(21)24-3)8-4-5-9-16/h6-7,10H,4-5,8-9H2,1-3H3,(H,18,20). The third kappa shape index (κ3) is 3.98. The molecule has 138 valence electrons. The second-order valence-electron chi connectivity index (χ2n) is 6.16. The highest BCUT2D eigenvalue weighted by Gasteiger charge is 2.44. The van der Waals surface area contributed by atoms with Crippen molar-refractivity contribution in [3.63, 3.8) is 0 Å². The number of nitrogens with one attached hydrogen (secondary N) is 1. The Morgan fingerprint density at radius 2 is 1.84 bits per heavy atom. The molecule has 1 saturated carbocycles. The largest absolute Gasteiger partial charge is 0.467 e. The number of sulfonamides is 1. The first-order valence-corrected chi connectivity index (χ1v) is 10.3. The van der Waals surface area contributed by atoms with Crippen molar-refractivity contribution < 1.29 is 22.7 Å². The number of carbonyl (C=O) groups excluding carboxylic acids is 2. The highest BCUT2D eigenvalue weighted by atomic mass is 127. The molecule has 1 aromatic carbocycles. The number of ether oxygens (including phenoxy) is 1. The molecule has 1 N–H and O–H groups in total. The molecule has 25 heavy (non-hydrogen) atoms. The summed E-state index contributed by atoms with van der Waals surface area (Å²) in [5, 5.41) is 2.78. The van der Waals surface area contributed by atoms with Crippen LogP contribution in [0.5, 0.6) is 0 Å². The molecule has 0 aliphatic heterocycles. The molecule has 0 aromatic heterocycles. The van der Waals surface area contributed by atoms with Crippen molar-refractivity contribution in [2.24, 2.45) is 0 Å². The van der Waals surface area contributed by atoms with Crippen LogP contribution in [0.3, 0.4) is 0 Å². The van der Waals surface area contributed by atoms with Crippen molar-refractivity contribution in [3.8, 4) is 0 Å². The molecule has 0 heterocycles. The lowest BCUT2D eigenvalue weighted by atomic mass is 9.97. The maximum Gasteiger partial charge on any atom is 0.331 e. The van der Waals surface area contributed by atoms with Crippen LogP contribution in [-0.2, 0) is 19.6 Å². The lowest BCUT2D eigenvalue weighted by Gasteiger charge is -2.27. The van der Waals surface area contributed by atoms with Crippen LogP contribution >= 0.6 is 22.6 Å². The summed E-state index contributed by atoms with van der Waals surface area (Å²) in [6.07, 6.45) is 2.67. The fourth-order valence-electron chi connectivity index (χ4n) is 2.89. The molecule has 7 nitrogen and oxygen atoms in total. The van der Waals surface area contributed by atoms with Crippen LogP contribution in [0.25, 0.3) is 0 Å². The van der Waals surface area contributed by atoms with Crippen molar-refractivity contribution in [2.75, 3.05) is 21.2 Å². The first-order valence-electron chi connectivity index (χ1n) is 7.77. The highest BCUT2D eigenvalue weighted by Crippen LogP contribution is 2.31. The van der Waals surface area contributed by atoms with Gasteiger partial charge in [-0.15, -0.1) is 0 Å². The Labute approximate surface area is 161 Å². The SMILES string of the molecule is COC(=O)C1(NC(=O)c2cc(S(=O)(=O)N(C)C)ccc2I)CCCC1. The Morgan fingerprint density at radius 1 is 1.24 bits per heavy atom.